The largest absolute Gasteiger partial charge is 0.335 e. The molecule has 0 fully saturated rings. The van der Waals surface area contributed by atoms with E-state index in [0.29, 0.717) is 0 Å². The highest BCUT2D eigenvalue weighted by Gasteiger charge is 2.08. The van der Waals surface area contributed by atoms with Crippen LogP contribution in [-0.4, -0.2) is 12.1 Å². The molecule has 0 bridgehead atoms. The summed E-state index contributed by atoms with van der Waals surface area (Å²) in [6.45, 7) is 2.02. The van der Waals surface area contributed by atoms with E-state index < -0.39 is 0 Å². The average Bonchev–Trinajstić information content (AvgIpc) is 2.48. The summed E-state index contributed by atoms with van der Waals surface area (Å²) in [6, 6.07) is 17.8. The summed E-state index contributed by atoms with van der Waals surface area (Å²) in [4.78, 5) is 11.9. The van der Waals surface area contributed by atoms with Crippen molar-refractivity contribution >= 4 is 27.6 Å². The van der Waals surface area contributed by atoms with Crippen LogP contribution in [0, 0.1) is 0 Å². The zero-order valence-electron chi connectivity index (χ0n) is 12.0. The maximum Gasteiger partial charge on any atom is 0.319 e. The second-order valence-corrected chi connectivity index (χ2v) is 5.86. The summed E-state index contributed by atoms with van der Waals surface area (Å²) in [7, 11) is 0. The zero-order chi connectivity index (χ0) is 15.1. The molecule has 1 atom stereocenters. The number of hydrogen-bond donors (Lipinski definition) is 2. The lowest BCUT2D eigenvalue weighted by Crippen LogP contribution is -2.36. The van der Waals surface area contributed by atoms with Gasteiger partial charge in [0.05, 0.1) is 5.69 Å². The molecule has 0 heterocycles. The second-order valence-electron chi connectivity index (χ2n) is 5.00. The Bertz CT molecular complexity index is 586. The molecule has 110 valence electrons. The van der Waals surface area contributed by atoms with E-state index in [4.69, 9.17) is 0 Å². The Kier molecular flexibility index (Phi) is 5.81. The van der Waals surface area contributed by atoms with Gasteiger partial charge in [-0.25, -0.2) is 4.79 Å². The number of aryl methyl sites for hydroxylation is 1. The Morgan fingerprint density at radius 3 is 2.48 bits per heavy atom. The highest BCUT2D eigenvalue weighted by atomic mass is 79.9. The van der Waals surface area contributed by atoms with Crippen molar-refractivity contribution in [2.24, 2.45) is 0 Å². The molecule has 0 aliphatic carbocycles. The molecule has 0 aliphatic heterocycles. The quantitative estimate of drug-likeness (QED) is 0.816. The van der Waals surface area contributed by atoms with Crippen LogP contribution >= 0.6 is 15.9 Å². The molecular formula is C17H19BrN2O. The number of amides is 2. The van der Waals surface area contributed by atoms with Crippen molar-refractivity contribution in [2.45, 2.75) is 25.8 Å². The van der Waals surface area contributed by atoms with Gasteiger partial charge in [-0.3, -0.25) is 0 Å². The van der Waals surface area contributed by atoms with Crippen LogP contribution in [-0.2, 0) is 6.42 Å². The summed E-state index contributed by atoms with van der Waals surface area (Å²) in [5.74, 6) is 0. The van der Waals surface area contributed by atoms with Gasteiger partial charge in [-0.2, -0.15) is 0 Å². The van der Waals surface area contributed by atoms with Crippen LogP contribution in [0.2, 0.25) is 0 Å². The Labute approximate surface area is 133 Å². The molecule has 2 aromatic carbocycles. The van der Waals surface area contributed by atoms with Crippen molar-refractivity contribution in [1.29, 1.82) is 0 Å². The molecule has 2 amide bonds. The lowest BCUT2D eigenvalue weighted by Gasteiger charge is -2.15. The summed E-state index contributed by atoms with van der Waals surface area (Å²) < 4.78 is 0.872. The van der Waals surface area contributed by atoms with Crippen molar-refractivity contribution in [3.05, 3.63) is 64.6 Å². The van der Waals surface area contributed by atoms with Crippen LogP contribution in [0.25, 0.3) is 0 Å². The average molecular weight is 347 g/mol. The number of nitrogens with one attached hydrogen (secondary N) is 2. The van der Waals surface area contributed by atoms with Crippen molar-refractivity contribution in [1.82, 2.24) is 5.32 Å². The first kappa shape index (κ1) is 15.6. The molecule has 0 saturated carbocycles. The highest BCUT2D eigenvalue weighted by molar-refractivity contribution is 9.10. The Morgan fingerprint density at radius 2 is 1.76 bits per heavy atom. The predicted molar refractivity (Wildman–Crippen MR) is 90.5 cm³/mol. The number of hydrogen-bond acceptors (Lipinski definition) is 1. The maximum atomic E-state index is 11.9. The molecular weight excluding hydrogens is 328 g/mol. The van der Waals surface area contributed by atoms with Crippen LogP contribution in [0.1, 0.15) is 18.9 Å². The SMILES string of the molecule is CC(CCc1ccccc1)NC(=O)Nc1ccccc1Br. The molecule has 0 saturated heterocycles. The first-order valence-electron chi connectivity index (χ1n) is 7.01. The lowest BCUT2D eigenvalue weighted by atomic mass is 10.1. The van der Waals surface area contributed by atoms with Crippen molar-refractivity contribution in [3.8, 4) is 0 Å². The summed E-state index contributed by atoms with van der Waals surface area (Å²) in [6.07, 6.45) is 1.87. The van der Waals surface area contributed by atoms with Gasteiger partial charge in [0.25, 0.3) is 0 Å². The lowest BCUT2D eigenvalue weighted by molar-refractivity contribution is 0.248. The fourth-order valence-corrected chi connectivity index (χ4v) is 2.43. The smallest absolute Gasteiger partial charge is 0.319 e. The van der Waals surface area contributed by atoms with Crippen molar-refractivity contribution in [3.63, 3.8) is 0 Å². The van der Waals surface area contributed by atoms with E-state index in [1.54, 1.807) is 0 Å². The Morgan fingerprint density at radius 1 is 1.10 bits per heavy atom. The molecule has 0 aromatic heterocycles. The van der Waals surface area contributed by atoms with E-state index in [-0.39, 0.29) is 12.1 Å². The van der Waals surface area contributed by atoms with Gasteiger partial charge >= 0.3 is 6.03 Å². The van der Waals surface area contributed by atoms with Crippen LogP contribution in [0.3, 0.4) is 0 Å². The molecule has 1 unspecified atom stereocenters. The van der Waals surface area contributed by atoms with Crippen molar-refractivity contribution in [2.75, 3.05) is 5.32 Å². The van der Waals surface area contributed by atoms with E-state index in [2.05, 4.69) is 38.7 Å². The Hall–Kier alpha value is -1.81. The van der Waals surface area contributed by atoms with E-state index in [9.17, 15) is 4.79 Å². The van der Waals surface area contributed by atoms with Crippen molar-refractivity contribution < 1.29 is 4.79 Å². The third-order valence-corrected chi connectivity index (χ3v) is 3.90. The number of halogens is 1. The minimum atomic E-state index is -0.178. The molecule has 2 aromatic rings. The monoisotopic (exact) mass is 346 g/mol. The molecule has 0 spiro atoms. The molecule has 3 nitrogen and oxygen atoms in total. The number of urea groups is 1. The third-order valence-electron chi connectivity index (χ3n) is 3.21. The predicted octanol–water partition coefficient (Wildman–Crippen LogP) is 4.59. The van der Waals surface area contributed by atoms with Gasteiger partial charge in [0.15, 0.2) is 0 Å². The normalized spacial score (nSPS) is 11.7. The first-order chi connectivity index (χ1) is 10.1. The fourth-order valence-electron chi connectivity index (χ4n) is 2.04. The summed E-state index contributed by atoms with van der Waals surface area (Å²) in [5.41, 5.74) is 2.06. The number of rotatable bonds is 5. The molecule has 2 N–H and O–H groups in total. The topological polar surface area (TPSA) is 41.1 Å². The van der Waals surface area contributed by atoms with E-state index in [1.807, 2.05) is 49.4 Å². The first-order valence-corrected chi connectivity index (χ1v) is 7.80. The van der Waals surface area contributed by atoms with Crippen LogP contribution in [0.5, 0.6) is 0 Å². The third kappa shape index (κ3) is 5.23. The van der Waals surface area contributed by atoms with Gasteiger partial charge in [-0.15, -0.1) is 0 Å². The van der Waals surface area contributed by atoms with E-state index in [1.165, 1.54) is 5.56 Å². The van der Waals surface area contributed by atoms with Gasteiger partial charge in [-0.05, 0) is 53.4 Å². The second kappa shape index (κ2) is 7.84. The standard InChI is InChI=1S/C17H19BrN2O/c1-13(11-12-14-7-3-2-4-8-14)19-17(21)20-16-10-6-5-9-15(16)18/h2-10,13H,11-12H2,1H3,(H2,19,20,21). The molecule has 4 heteroatoms. The molecule has 21 heavy (non-hydrogen) atoms. The minimum Gasteiger partial charge on any atom is -0.335 e. The highest BCUT2D eigenvalue weighted by Crippen LogP contribution is 2.20. The van der Waals surface area contributed by atoms with E-state index in [0.717, 1.165) is 23.0 Å². The van der Waals surface area contributed by atoms with Crippen LogP contribution in [0.4, 0.5) is 10.5 Å². The number of carbonyl (C=O) groups excluding carboxylic acids is 1. The van der Waals surface area contributed by atoms with Gasteiger partial charge in [0, 0.05) is 10.5 Å². The fraction of sp³-hybridized carbons (Fsp3) is 0.235. The van der Waals surface area contributed by atoms with E-state index >= 15 is 0 Å². The Balaban J connectivity index is 1.78. The van der Waals surface area contributed by atoms with Gasteiger partial charge in [-0.1, -0.05) is 42.5 Å². The van der Waals surface area contributed by atoms with Crippen LogP contribution < -0.4 is 10.6 Å². The van der Waals surface area contributed by atoms with Gasteiger partial charge in [0.1, 0.15) is 0 Å². The number of carbonyl (C=O) groups is 1. The number of anilines is 1. The number of para-hydroxylation sites is 1. The van der Waals surface area contributed by atoms with Crippen LogP contribution in [0.15, 0.2) is 59.1 Å². The van der Waals surface area contributed by atoms with Gasteiger partial charge < -0.3 is 10.6 Å². The molecule has 2 rings (SSSR count). The zero-order valence-corrected chi connectivity index (χ0v) is 13.6. The molecule has 0 aliphatic rings. The number of benzene rings is 2. The summed E-state index contributed by atoms with van der Waals surface area (Å²) in [5, 5.41) is 5.80. The summed E-state index contributed by atoms with van der Waals surface area (Å²) >= 11 is 3.41. The minimum absolute atomic E-state index is 0.118. The maximum absolute atomic E-state index is 11.9. The van der Waals surface area contributed by atoms with Gasteiger partial charge in [0.2, 0.25) is 0 Å². The molecule has 0 radical (unpaired) electrons.